The lowest BCUT2D eigenvalue weighted by Gasteiger charge is -2.01. The van der Waals surface area contributed by atoms with Gasteiger partial charge in [-0.2, -0.15) is 0 Å². The monoisotopic (exact) mass is 304 g/mol. The molecule has 1 aliphatic carbocycles. The lowest BCUT2D eigenvalue weighted by molar-refractivity contribution is 0.619. The minimum Gasteiger partial charge on any atom is -0.312 e. The molecule has 1 aliphatic rings. The van der Waals surface area contributed by atoms with Crippen molar-refractivity contribution in [3.63, 3.8) is 0 Å². The van der Waals surface area contributed by atoms with Crippen molar-refractivity contribution in [3.05, 3.63) is 40.2 Å². The summed E-state index contributed by atoms with van der Waals surface area (Å²) in [7, 11) is 0. The molecule has 0 amide bonds. The largest absolute Gasteiger partial charge is 0.312 e. The van der Waals surface area contributed by atoms with Gasteiger partial charge in [0.2, 0.25) is 0 Å². The SMILES string of the molecule is CCCNCc1sc(-c2ccc(C)c(F)c2)nc1C1CC1. The first-order valence-electron chi connectivity index (χ1n) is 7.66. The molecule has 1 aromatic heterocycles. The molecule has 1 aromatic carbocycles. The van der Waals surface area contributed by atoms with Crippen LogP contribution in [-0.2, 0) is 6.54 Å². The van der Waals surface area contributed by atoms with Crippen LogP contribution in [0.3, 0.4) is 0 Å². The van der Waals surface area contributed by atoms with E-state index in [1.165, 1.54) is 23.4 Å². The molecule has 4 heteroatoms. The maximum atomic E-state index is 13.8. The van der Waals surface area contributed by atoms with E-state index >= 15 is 0 Å². The van der Waals surface area contributed by atoms with Crippen molar-refractivity contribution in [1.82, 2.24) is 10.3 Å². The second-order valence-corrected chi connectivity index (χ2v) is 6.83. The first-order valence-corrected chi connectivity index (χ1v) is 8.47. The second kappa shape index (κ2) is 6.24. The topological polar surface area (TPSA) is 24.9 Å². The van der Waals surface area contributed by atoms with Gasteiger partial charge in [-0.3, -0.25) is 0 Å². The van der Waals surface area contributed by atoms with Crippen LogP contribution in [0.2, 0.25) is 0 Å². The van der Waals surface area contributed by atoms with E-state index in [2.05, 4.69) is 12.2 Å². The Bertz CT molecular complexity index is 632. The first kappa shape index (κ1) is 14.7. The van der Waals surface area contributed by atoms with Crippen LogP contribution in [0.4, 0.5) is 4.39 Å². The van der Waals surface area contributed by atoms with Gasteiger partial charge in [-0.25, -0.2) is 9.37 Å². The summed E-state index contributed by atoms with van der Waals surface area (Å²) in [6, 6.07) is 5.41. The fourth-order valence-corrected chi connectivity index (χ4v) is 3.51. The highest BCUT2D eigenvalue weighted by Gasteiger charge is 2.29. The average Bonchev–Trinajstić information content (AvgIpc) is 3.23. The van der Waals surface area contributed by atoms with E-state index in [0.29, 0.717) is 11.5 Å². The normalized spacial score (nSPS) is 14.6. The predicted molar refractivity (Wildman–Crippen MR) is 86.2 cm³/mol. The Morgan fingerprint density at radius 1 is 1.38 bits per heavy atom. The Balaban J connectivity index is 1.88. The first-order chi connectivity index (χ1) is 10.2. The molecule has 0 unspecified atom stereocenters. The number of hydrogen-bond donors (Lipinski definition) is 1. The summed E-state index contributed by atoms with van der Waals surface area (Å²) in [5, 5.41) is 4.40. The van der Waals surface area contributed by atoms with Gasteiger partial charge in [0.15, 0.2) is 0 Å². The van der Waals surface area contributed by atoms with E-state index in [1.54, 1.807) is 24.3 Å². The molecule has 0 saturated heterocycles. The van der Waals surface area contributed by atoms with Gasteiger partial charge < -0.3 is 5.32 Å². The summed E-state index contributed by atoms with van der Waals surface area (Å²) in [4.78, 5) is 6.13. The summed E-state index contributed by atoms with van der Waals surface area (Å²) in [6.07, 6.45) is 3.62. The van der Waals surface area contributed by atoms with Crippen molar-refractivity contribution in [1.29, 1.82) is 0 Å². The van der Waals surface area contributed by atoms with E-state index in [9.17, 15) is 4.39 Å². The highest BCUT2D eigenvalue weighted by atomic mass is 32.1. The summed E-state index contributed by atoms with van der Waals surface area (Å²) in [5.41, 5.74) is 2.81. The Morgan fingerprint density at radius 3 is 2.86 bits per heavy atom. The van der Waals surface area contributed by atoms with Gasteiger partial charge in [0.05, 0.1) is 5.69 Å². The Labute approximate surface area is 129 Å². The summed E-state index contributed by atoms with van der Waals surface area (Å²) in [6.45, 7) is 5.86. The number of aromatic nitrogens is 1. The standard InChI is InChI=1S/C17H21FN2S/c1-3-8-19-10-15-16(12-6-7-12)20-17(21-15)13-5-4-11(2)14(18)9-13/h4-5,9,12,19H,3,6-8,10H2,1-2H3. The van der Waals surface area contributed by atoms with Crippen molar-refractivity contribution < 1.29 is 4.39 Å². The van der Waals surface area contributed by atoms with E-state index < -0.39 is 0 Å². The van der Waals surface area contributed by atoms with Crippen LogP contribution in [0, 0.1) is 12.7 Å². The zero-order valence-corrected chi connectivity index (χ0v) is 13.4. The van der Waals surface area contributed by atoms with Crippen LogP contribution in [0.5, 0.6) is 0 Å². The van der Waals surface area contributed by atoms with Crippen molar-refractivity contribution in [2.24, 2.45) is 0 Å². The molecule has 1 saturated carbocycles. The van der Waals surface area contributed by atoms with Crippen molar-refractivity contribution in [3.8, 4) is 10.6 Å². The number of aryl methyl sites for hydroxylation is 1. The minimum atomic E-state index is -0.152. The molecule has 112 valence electrons. The third-order valence-corrected chi connectivity index (χ3v) is 4.94. The van der Waals surface area contributed by atoms with Gasteiger partial charge in [-0.1, -0.05) is 19.1 Å². The molecule has 1 N–H and O–H groups in total. The van der Waals surface area contributed by atoms with Crippen molar-refractivity contribution in [2.75, 3.05) is 6.54 Å². The number of hydrogen-bond acceptors (Lipinski definition) is 3. The summed E-state index contributed by atoms with van der Waals surface area (Å²) < 4.78 is 13.8. The number of rotatable bonds is 6. The lowest BCUT2D eigenvalue weighted by atomic mass is 10.1. The van der Waals surface area contributed by atoms with Gasteiger partial charge in [0.25, 0.3) is 0 Å². The van der Waals surface area contributed by atoms with Crippen molar-refractivity contribution >= 4 is 11.3 Å². The molecule has 0 atom stereocenters. The van der Waals surface area contributed by atoms with Crippen LogP contribution in [0.25, 0.3) is 10.6 Å². The van der Waals surface area contributed by atoms with Crippen LogP contribution >= 0.6 is 11.3 Å². The van der Waals surface area contributed by atoms with Gasteiger partial charge in [-0.15, -0.1) is 11.3 Å². The lowest BCUT2D eigenvalue weighted by Crippen LogP contribution is -2.13. The smallest absolute Gasteiger partial charge is 0.126 e. The van der Waals surface area contributed by atoms with E-state index in [-0.39, 0.29) is 5.82 Å². The number of thiazole rings is 1. The Kier molecular flexibility index (Phi) is 4.36. The third kappa shape index (κ3) is 3.33. The van der Waals surface area contributed by atoms with Crippen LogP contribution in [-0.4, -0.2) is 11.5 Å². The molecule has 21 heavy (non-hydrogen) atoms. The summed E-state index contributed by atoms with van der Waals surface area (Å²) in [5.74, 6) is 0.477. The van der Waals surface area contributed by atoms with Crippen LogP contribution in [0.15, 0.2) is 18.2 Å². The fourth-order valence-electron chi connectivity index (χ4n) is 2.39. The number of nitrogens with zero attached hydrogens (tertiary/aromatic N) is 1. The zero-order chi connectivity index (χ0) is 14.8. The van der Waals surface area contributed by atoms with E-state index in [4.69, 9.17) is 4.98 Å². The average molecular weight is 304 g/mol. The van der Waals surface area contributed by atoms with Crippen LogP contribution in [0.1, 0.15) is 48.2 Å². The number of benzene rings is 1. The van der Waals surface area contributed by atoms with E-state index in [1.807, 2.05) is 12.1 Å². The molecule has 0 radical (unpaired) electrons. The molecule has 2 aromatic rings. The molecule has 0 spiro atoms. The number of nitrogens with one attached hydrogen (secondary N) is 1. The van der Waals surface area contributed by atoms with E-state index in [0.717, 1.165) is 30.1 Å². The molecule has 0 bridgehead atoms. The minimum absolute atomic E-state index is 0.152. The zero-order valence-electron chi connectivity index (χ0n) is 12.6. The second-order valence-electron chi connectivity index (χ2n) is 5.74. The Hall–Kier alpha value is -1.26. The van der Waals surface area contributed by atoms with Gasteiger partial charge >= 0.3 is 0 Å². The maximum absolute atomic E-state index is 13.8. The fraction of sp³-hybridized carbons (Fsp3) is 0.471. The quantitative estimate of drug-likeness (QED) is 0.787. The maximum Gasteiger partial charge on any atom is 0.126 e. The van der Waals surface area contributed by atoms with Gasteiger partial charge in [0.1, 0.15) is 10.8 Å². The van der Waals surface area contributed by atoms with Crippen LogP contribution < -0.4 is 5.32 Å². The molecule has 2 nitrogen and oxygen atoms in total. The third-order valence-electron chi connectivity index (χ3n) is 3.82. The highest BCUT2D eigenvalue weighted by Crippen LogP contribution is 2.44. The highest BCUT2D eigenvalue weighted by molar-refractivity contribution is 7.15. The predicted octanol–water partition coefficient (Wildman–Crippen LogP) is 4.63. The van der Waals surface area contributed by atoms with Gasteiger partial charge in [-0.05, 0) is 44.4 Å². The van der Waals surface area contributed by atoms with Crippen molar-refractivity contribution in [2.45, 2.75) is 45.6 Å². The summed E-state index contributed by atoms with van der Waals surface area (Å²) >= 11 is 1.71. The van der Waals surface area contributed by atoms with Gasteiger partial charge in [0, 0.05) is 22.9 Å². The molecule has 1 fully saturated rings. The number of halogens is 1. The Morgan fingerprint density at radius 2 is 2.19 bits per heavy atom. The molecule has 3 rings (SSSR count). The molecular formula is C17H21FN2S. The molecule has 0 aliphatic heterocycles. The molecular weight excluding hydrogens is 283 g/mol. The molecule has 1 heterocycles.